The van der Waals surface area contributed by atoms with Gasteiger partial charge in [0.05, 0.1) is 18.0 Å². The SMILES string of the molecule is CCOC(=O)CCNC(=O)c1ccc([N+](=O)[O-])cc1C. The van der Waals surface area contributed by atoms with Crippen LogP contribution in [0, 0.1) is 17.0 Å². The maximum absolute atomic E-state index is 11.9. The number of hydrogen-bond donors (Lipinski definition) is 1. The number of nitro benzene ring substituents is 1. The van der Waals surface area contributed by atoms with Crippen LogP contribution in [0.3, 0.4) is 0 Å². The van der Waals surface area contributed by atoms with Gasteiger partial charge in [-0.05, 0) is 25.5 Å². The lowest BCUT2D eigenvalue weighted by atomic mass is 10.1. The molecule has 0 spiro atoms. The van der Waals surface area contributed by atoms with Gasteiger partial charge in [-0.2, -0.15) is 0 Å². The van der Waals surface area contributed by atoms with E-state index in [-0.39, 0.29) is 30.5 Å². The third kappa shape index (κ3) is 4.34. The number of non-ortho nitro benzene ring substituents is 1. The Bertz CT molecular complexity index is 527. The van der Waals surface area contributed by atoms with Crippen molar-refractivity contribution >= 4 is 17.6 Å². The Hall–Kier alpha value is -2.44. The van der Waals surface area contributed by atoms with Gasteiger partial charge in [0.15, 0.2) is 0 Å². The van der Waals surface area contributed by atoms with Crippen molar-refractivity contribution in [1.29, 1.82) is 0 Å². The molecule has 20 heavy (non-hydrogen) atoms. The molecule has 0 radical (unpaired) electrons. The van der Waals surface area contributed by atoms with Gasteiger partial charge in [-0.25, -0.2) is 0 Å². The molecule has 0 saturated heterocycles. The number of esters is 1. The molecule has 0 unspecified atom stereocenters. The van der Waals surface area contributed by atoms with E-state index >= 15 is 0 Å². The van der Waals surface area contributed by atoms with Gasteiger partial charge >= 0.3 is 5.97 Å². The molecule has 0 atom stereocenters. The van der Waals surface area contributed by atoms with Gasteiger partial charge in [-0.1, -0.05) is 0 Å². The molecule has 0 saturated carbocycles. The quantitative estimate of drug-likeness (QED) is 0.484. The van der Waals surface area contributed by atoms with E-state index < -0.39 is 4.92 Å². The van der Waals surface area contributed by atoms with Crippen LogP contribution in [0.15, 0.2) is 18.2 Å². The normalized spacial score (nSPS) is 9.90. The first-order valence-corrected chi connectivity index (χ1v) is 6.14. The van der Waals surface area contributed by atoms with E-state index in [1.807, 2.05) is 0 Å². The highest BCUT2D eigenvalue weighted by Gasteiger charge is 2.13. The number of benzene rings is 1. The van der Waals surface area contributed by atoms with E-state index in [2.05, 4.69) is 5.32 Å². The lowest BCUT2D eigenvalue weighted by Crippen LogP contribution is -2.27. The minimum absolute atomic E-state index is 0.0643. The average Bonchev–Trinajstić information content (AvgIpc) is 2.38. The first-order chi connectivity index (χ1) is 9.45. The number of nitrogens with zero attached hydrogens (tertiary/aromatic N) is 1. The number of carbonyl (C=O) groups is 2. The first kappa shape index (κ1) is 15.6. The molecule has 7 heteroatoms. The number of hydrogen-bond acceptors (Lipinski definition) is 5. The van der Waals surface area contributed by atoms with Gasteiger partial charge in [0.2, 0.25) is 0 Å². The molecule has 0 aliphatic heterocycles. The zero-order chi connectivity index (χ0) is 15.1. The molecular formula is C13H16N2O5. The monoisotopic (exact) mass is 280 g/mol. The molecule has 1 aromatic carbocycles. The number of amides is 1. The molecule has 7 nitrogen and oxygen atoms in total. The Morgan fingerprint density at radius 2 is 2.10 bits per heavy atom. The zero-order valence-corrected chi connectivity index (χ0v) is 11.3. The van der Waals surface area contributed by atoms with Gasteiger partial charge in [0.1, 0.15) is 0 Å². The van der Waals surface area contributed by atoms with Gasteiger partial charge in [-0.15, -0.1) is 0 Å². The van der Waals surface area contributed by atoms with Crippen LogP contribution in [-0.4, -0.2) is 30.0 Å². The van der Waals surface area contributed by atoms with E-state index in [0.29, 0.717) is 17.7 Å². The second-order valence-corrected chi connectivity index (χ2v) is 4.07. The second-order valence-electron chi connectivity index (χ2n) is 4.07. The number of nitrogens with one attached hydrogen (secondary N) is 1. The molecule has 0 aliphatic carbocycles. The summed E-state index contributed by atoms with van der Waals surface area (Å²) in [6.45, 7) is 3.78. The second kappa shape index (κ2) is 7.22. The van der Waals surface area contributed by atoms with Crippen LogP contribution in [0.2, 0.25) is 0 Å². The van der Waals surface area contributed by atoms with Crippen molar-refractivity contribution in [1.82, 2.24) is 5.32 Å². The molecule has 0 heterocycles. The summed E-state index contributed by atoms with van der Waals surface area (Å²) >= 11 is 0. The molecule has 108 valence electrons. The van der Waals surface area contributed by atoms with Crippen LogP contribution in [0.25, 0.3) is 0 Å². The fourth-order valence-electron chi connectivity index (χ4n) is 1.62. The summed E-state index contributed by atoms with van der Waals surface area (Å²) in [5, 5.41) is 13.2. The third-order valence-corrected chi connectivity index (χ3v) is 2.59. The summed E-state index contributed by atoms with van der Waals surface area (Å²) in [5.74, 6) is -0.755. The van der Waals surface area contributed by atoms with Crippen molar-refractivity contribution in [2.45, 2.75) is 20.3 Å². The van der Waals surface area contributed by atoms with E-state index in [0.717, 1.165) is 0 Å². The summed E-state index contributed by atoms with van der Waals surface area (Å²) in [6.07, 6.45) is 0.0889. The van der Waals surface area contributed by atoms with E-state index in [9.17, 15) is 19.7 Å². The Morgan fingerprint density at radius 1 is 1.40 bits per heavy atom. The maximum Gasteiger partial charge on any atom is 0.307 e. The number of ether oxygens (including phenoxy) is 1. The Kier molecular flexibility index (Phi) is 5.64. The predicted octanol–water partition coefficient (Wildman–Crippen LogP) is 1.59. The molecular weight excluding hydrogens is 264 g/mol. The van der Waals surface area contributed by atoms with Gasteiger partial charge in [0, 0.05) is 24.2 Å². The number of carbonyl (C=O) groups excluding carboxylic acids is 2. The minimum Gasteiger partial charge on any atom is -0.466 e. The molecule has 0 bridgehead atoms. The molecule has 0 aromatic heterocycles. The van der Waals surface area contributed by atoms with E-state index in [1.165, 1.54) is 18.2 Å². The van der Waals surface area contributed by atoms with Gasteiger partial charge in [-0.3, -0.25) is 19.7 Å². The van der Waals surface area contributed by atoms with Gasteiger partial charge in [0.25, 0.3) is 11.6 Å². The van der Waals surface area contributed by atoms with Crippen molar-refractivity contribution in [2.24, 2.45) is 0 Å². The minimum atomic E-state index is -0.518. The van der Waals surface area contributed by atoms with Crippen molar-refractivity contribution in [2.75, 3.05) is 13.2 Å². The Morgan fingerprint density at radius 3 is 2.65 bits per heavy atom. The summed E-state index contributed by atoms with van der Waals surface area (Å²) in [5.41, 5.74) is 0.790. The zero-order valence-electron chi connectivity index (χ0n) is 11.3. The Labute approximate surface area is 116 Å². The Balaban J connectivity index is 2.60. The lowest BCUT2D eigenvalue weighted by molar-refractivity contribution is -0.384. The molecule has 1 aromatic rings. The first-order valence-electron chi connectivity index (χ1n) is 6.14. The number of nitro groups is 1. The van der Waals surface area contributed by atoms with Crippen molar-refractivity contribution in [3.63, 3.8) is 0 Å². The van der Waals surface area contributed by atoms with Crippen molar-refractivity contribution in [3.05, 3.63) is 39.4 Å². The summed E-state index contributed by atoms with van der Waals surface area (Å²) < 4.78 is 4.73. The van der Waals surface area contributed by atoms with Crippen LogP contribution in [-0.2, 0) is 9.53 Å². The van der Waals surface area contributed by atoms with E-state index in [4.69, 9.17) is 4.74 Å². The molecule has 1 N–H and O–H groups in total. The predicted molar refractivity (Wildman–Crippen MR) is 71.4 cm³/mol. The highest BCUT2D eigenvalue weighted by Crippen LogP contribution is 2.16. The summed E-state index contributed by atoms with van der Waals surface area (Å²) in [7, 11) is 0. The summed E-state index contributed by atoms with van der Waals surface area (Å²) in [6, 6.07) is 4.00. The van der Waals surface area contributed by atoms with Crippen LogP contribution >= 0.6 is 0 Å². The van der Waals surface area contributed by atoms with Gasteiger partial charge < -0.3 is 10.1 Å². The highest BCUT2D eigenvalue weighted by molar-refractivity contribution is 5.96. The maximum atomic E-state index is 11.9. The van der Waals surface area contributed by atoms with Crippen LogP contribution in [0.5, 0.6) is 0 Å². The topological polar surface area (TPSA) is 98.5 Å². The van der Waals surface area contributed by atoms with Crippen molar-refractivity contribution < 1.29 is 19.2 Å². The lowest BCUT2D eigenvalue weighted by Gasteiger charge is -2.07. The molecule has 1 amide bonds. The average molecular weight is 280 g/mol. The largest absolute Gasteiger partial charge is 0.466 e. The standard InChI is InChI=1S/C13H16N2O5/c1-3-20-12(16)6-7-14-13(17)11-5-4-10(15(18)19)8-9(11)2/h4-5,8H,3,6-7H2,1-2H3,(H,14,17). The molecule has 0 fully saturated rings. The van der Waals surface area contributed by atoms with Crippen LogP contribution in [0.4, 0.5) is 5.69 Å². The fraction of sp³-hybridized carbons (Fsp3) is 0.385. The number of aryl methyl sites for hydroxylation is 1. The fourth-order valence-corrected chi connectivity index (χ4v) is 1.62. The van der Waals surface area contributed by atoms with E-state index in [1.54, 1.807) is 13.8 Å². The third-order valence-electron chi connectivity index (χ3n) is 2.59. The highest BCUT2D eigenvalue weighted by atomic mass is 16.6. The van der Waals surface area contributed by atoms with Crippen LogP contribution < -0.4 is 5.32 Å². The van der Waals surface area contributed by atoms with Crippen LogP contribution in [0.1, 0.15) is 29.3 Å². The summed E-state index contributed by atoms with van der Waals surface area (Å²) in [4.78, 5) is 33.0. The van der Waals surface area contributed by atoms with Crippen molar-refractivity contribution in [3.8, 4) is 0 Å². The molecule has 0 aliphatic rings. The molecule has 1 rings (SSSR count). The smallest absolute Gasteiger partial charge is 0.307 e. The number of rotatable bonds is 6.